The number of rotatable bonds is 2. The zero-order chi connectivity index (χ0) is 11.3. The molecule has 1 rings (SSSR count). The third kappa shape index (κ3) is 3.39. The Morgan fingerprint density at radius 1 is 1.53 bits per heavy atom. The molecule has 3 heteroatoms. The molecule has 1 aromatic rings. The van der Waals surface area contributed by atoms with Crippen molar-refractivity contribution in [1.29, 1.82) is 0 Å². The van der Waals surface area contributed by atoms with Crippen LogP contribution in [0.2, 0.25) is 5.02 Å². The van der Waals surface area contributed by atoms with Crippen molar-refractivity contribution in [2.75, 3.05) is 13.6 Å². The summed E-state index contributed by atoms with van der Waals surface area (Å²) < 4.78 is 0. The van der Waals surface area contributed by atoms with E-state index in [9.17, 15) is 4.79 Å². The van der Waals surface area contributed by atoms with Crippen molar-refractivity contribution in [1.82, 2.24) is 5.32 Å². The first-order valence-corrected chi connectivity index (χ1v) is 4.97. The van der Waals surface area contributed by atoms with Gasteiger partial charge >= 0.3 is 0 Å². The van der Waals surface area contributed by atoms with E-state index in [4.69, 9.17) is 11.6 Å². The molecule has 0 radical (unpaired) electrons. The van der Waals surface area contributed by atoms with Crippen LogP contribution in [0.25, 0.3) is 0 Å². The van der Waals surface area contributed by atoms with E-state index in [1.165, 1.54) is 6.92 Å². The summed E-state index contributed by atoms with van der Waals surface area (Å²) in [6, 6.07) is 5.15. The van der Waals surface area contributed by atoms with Gasteiger partial charge in [-0.15, -0.1) is 0 Å². The Morgan fingerprint density at radius 3 is 2.80 bits per heavy atom. The van der Waals surface area contributed by atoms with E-state index in [-0.39, 0.29) is 5.78 Å². The van der Waals surface area contributed by atoms with Crippen LogP contribution in [0.15, 0.2) is 18.2 Å². The highest BCUT2D eigenvalue weighted by molar-refractivity contribution is 6.32. The maximum Gasteiger partial charge on any atom is 0.159 e. The number of nitrogens with one attached hydrogen (secondary N) is 1. The predicted octanol–water partition coefficient (Wildman–Crippen LogP) is 2.11. The fourth-order valence-corrected chi connectivity index (χ4v) is 1.29. The number of benzene rings is 1. The molecule has 0 saturated carbocycles. The van der Waals surface area contributed by atoms with Crippen LogP contribution in [-0.2, 0) is 0 Å². The van der Waals surface area contributed by atoms with Crippen LogP contribution in [0.4, 0.5) is 0 Å². The minimum atomic E-state index is 0.00614. The van der Waals surface area contributed by atoms with Crippen molar-refractivity contribution in [2.24, 2.45) is 0 Å². The summed E-state index contributed by atoms with van der Waals surface area (Å²) in [5.41, 5.74) is 1.36. The fraction of sp³-hybridized carbons (Fsp3) is 0.250. The van der Waals surface area contributed by atoms with Gasteiger partial charge in [0.25, 0.3) is 0 Å². The van der Waals surface area contributed by atoms with Crippen LogP contribution in [0, 0.1) is 11.8 Å². The highest BCUT2D eigenvalue weighted by Gasteiger charge is 2.02. The molecule has 0 fully saturated rings. The number of Topliss-reactive ketones (excluding diaryl/α,β-unsaturated/α-hetero) is 1. The quantitative estimate of drug-likeness (QED) is 0.612. The lowest BCUT2D eigenvalue weighted by Crippen LogP contribution is -2.04. The molecule has 0 aliphatic carbocycles. The van der Waals surface area contributed by atoms with Gasteiger partial charge in [-0.25, -0.2) is 0 Å². The highest BCUT2D eigenvalue weighted by atomic mass is 35.5. The lowest BCUT2D eigenvalue weighted by molar-refractivity contribution is 0.101. The predicted molar refractivity (Wildman–Crippen MR) is 62.3 cm³/mol. The van der Waals surface area contributed by atoms with Gasteiger partial charge in [0, 0.05) is 11.1 Å². The second-order valence-electron chi connectivity index (χ2n) is 3.08. The average molecular weight is 222 g/mol. The molecule has 0 saturated heterocycles. The van der Waals surface area contributed by atoms with Gasteiger partial charge in [-0.3, -0.25) is 4.79 Å². The van der Waals surface area contributed by atoms with Crippen LogP contribution >= 0.6 is 11.6 Å². The zero-order valence-electron chi connectivity index (χ0n) is 8.73. The summed E-state index contributed by atoms with van der Waals surface area (Å²) in [7, 11) is 1.83. The summed E-state index contributed by atoms with van der Waals surface area (Å²) in [6.45, 7) is 2.13. The largest absolute Gasteiger partial charge is 0.309 e. The molecule has 78 valence electrons. The van der Waals surface area contributed by atoms with E-state index in [0.29, 0.717) is 17.1 Å². The Hall–Kier alpha value is -1.30. The number of ketones is 1. The van der Waals surface area contributed by atoms with Crippen molar-refractivity contribution in [3.63, 3.8) is 0 Å². The van der Waals surface area contributed by atoms with Crippen LogP contribution < -0.4 is 5.32 Å². The number of carbonyl (C=O) groups excluding carboxylic acids is 1. The van der Waals surface area contributed by atoms with Crippen LogP contribution in [0.5, 0.6) is 0 Å². The molecule has 0 aromatic heterocycles. The van der Waals surface area contributed by atoms with Crippen molar-refractivity contribution in [3.8, 4) is 11.8 Å². The monoisotopic (exact) mass is 221 g/mol. The number of hydrogen-bond donors (Lipinski definition) is 1. The first-order valence-electron chi connectivity index (χ1n) is 4.59. The molecule has 0 amide bonds. The van der Waals surface area contributed by atoms with Gasteiger partial charge in [-0.2, -0.15) is 0 Å². The molecule has 1 aromatic carbocycles. The van der Waals surface area contributed by atoms with E-state index in [1.807, 2.05) is 7.05 Å². The average Bonchev–Trinajstić information content (AvgIpc) is 2.20. The van der Waals surface area contributed by atoms with Crippen molar-refractivity contribution in [2.45, 2.75) is 6.92 Å². The molecule has 0 aliphatic heterocycles. The summed E-state index contributed by atoms with van der Waals surface area (Å²) in [6.07, 6.45) is 0. The Kier molecular flexibility index (Phi) is 4.36. The number of halogens is 1. The van der Waals surface area contributed by atoms with Crippen molar-refractivity contribution < 1.29 is 4.79 Å². The minimum absolute atomic E-state index is 0.00614. The van der Waals surface area contributed by atoms with E-state index in [2.05, 4.69) is 17.2 Å². The molecule has 0 unspecified atom stereocenters. The Bertz CT molecular complexity index is 429. The number of hydrogen-bond acceptors (Lipinski definition) is 2. The van der Waals surface area contributed by atoms with Crippen molar-refractivity contribution >= 4 is 17.4 Å². The summed E-state index contributed by atoms with van der Waals surface area (Å²) >= 11 is 5.98. The van der Waals surface area contributed by atoms with E-state index >= 15 is 0 Å². The maximum atomic E-state index is 11.1. The Balaban J connectivity index is 2.95. The van der Waals surface area contributed by atoms with Gasteiger partial charge in [0.2, 0.25) is 0 Å². The fourth-order valence-electron chi connectivity index (χ4n) is 1.06. The molecule has 2 nitrogen and oxygen atoms in total. The van der Waals surface area contributed by atoms with Crippen molar-refractivity contribution in [3.05, 3.63) is 34.3 Å². The lowest BCUT2D eigenvalue weighted by atomic mass is 10.1. The Labute approximate surface area is 94.6 Å². The first kappa shape index (κ1) is 11.8. The SMILES string of the molecule is CNCC#Cc1ccc(C(C)=O)cc1Cl. The van der Waals surface area contributed by atoms with Gasteiger partial charge < -0.3 is 5.32 Å². The molecular formula is C12H12ClNO. The molecule has 0 atom stereocenters. The third-order valence-electron chi connectivity index (χ3n) is 1.86. The standard InChI is InChI=1S/C12H12ClNO/c1-9(15)11-6-5-10(12(13)8-11)4-3-7-14-2/h5-6,8,14H,7H2,1-2H3. The van der Waals surface area contributed by atoms with Gasteiger partial charge in [-0.05, 0) is 26.1 Å². The molecule has 0 bridgehead atoms. The normalized spacial score (nSPS) is 9.27. The van der Waals surface area contributed by atoms with Crippen LogP contribution in [0.1, 0.15) is 22.8 Å². The Morgan fingerprint density at radius 2 is 2.27 bits per heavy atom. The summed E-state index contributed by atoms with van der Waals surface area (Å²) in [5, 5.41) is 3.44. The van der Waals surface area contributed by atoms with E-state index in [1.54, 1.807) is 18.2 Å². The highest BCUT2D eigenvalue weighted by Crippen LogP contribution is 2.17. The molecular weight excluding hydrogens is 210 g/mol. The maximum absolute atomic E-state index is 11.1. The molecule has 15 heavy (non-hydrogen) atoms. The minimum Gasteiger partial charge on any atom is -0.309 e. The van der Waals surface area contributed by atoms with Gasteiger partial charge in [0.15, 0.2) is 5.78 Å². The third-order valence-corrected chi connectivity index (χ3v) is 2.18. The number of carbonyl (C=O) groups is 1. The molecule has 0 heterocycles. The smallest absolute Gasteiger partial charge is 0.159 e. The van der Waals surface area contributed by atoms with Gasteiger partial charge in [0.1, 0.15) is 0 Å². The van der Waals surface area contributed by atoms with E-state index < -0.39 is 0 Å². The molecule has 0 spiro atoms. The molecule has 0 aliphatic rings. The topological polar surface area (TPSA) is 29.1 Å². The van der Waals surface area contributed by atoms with E-state index in [0.717, 1.165) is 5.56 Å². The first-order chi connectivity index (χ1) is 7.15. The summed E-state index contributed by atoms with van der Waals surface area (Å²) in [4.78, 5) is 11.1. The van der Waals surface area contributed by atoms with Gasteiger partial charge in [-0.1, -0.05) is 29.5 Å². The van der Waals surface area contributed by atoms with Gasteiger partial charge in [0.05, 0.1) is 11.6 Å². The van der Waals surface area contributed by atoms with Crippen LogP contribution in [0.3, 0.4) is 0 Å². The zero-order valence-corrected chi connectivity index (χ0v) is 9.48. The second kappa shape index (κ2) is 5.55. The molecule has 1 N–H and O–H groups in total. The lowest BCUT2D eigenvalue weighted by Gasteiger charge is -1.98. The van der Waals surface area contributed by atoms with Crippen LogP contribution in [-0.4, -0.2) is 19.4 Å². The second-order valence-corrected chi connectivity index (χ2v) is 3.49. The summed E-state index contributed by atoms with van der Waals surface area (Å²) in [5.74, 6) is 5.84.